The van der Waals surface area contributed by atoms with Crippen LogP contribution in [0.15, 0.2) is 36.4 Å². The minimum Gasteiger partial charge on any atom is -0.493 e. The average Bonchev–Trinajstić information content (AvgIpc) is 2.40. The topological polar surface area (TPSA) is 44.5 Å². The van der Waals surface area contributed by atoms with Gasteiger partial charge in [0.15, 0.2) is 11.5 Å². The Morgan fingerprint density at radius 1 is 1.05 bits per heavy atom. The van der Waals surface area contributed by atoms with Crippen molar-refractivity contribution in [1.29, 1.82) is 0 Å². The molecule has 0 fully saturated rings. The zero-order chi connectivity index (χ0) is 14.7. The summed E-state index contributed by atoms with van der Waals surface area (Å²) in [5, 5.41) is 0. The summed E-state index contributed by atoms with van der Waals surface area (Å²) in [4.78, 5) is 0.391. The lowest BCUT2D eigenvalue weighted by Crippen LogP contribution is -2.10. The van der Waals surface area contributed by atoms with Gasteiger partial charge in [-0.15, -0.1) is 0 Å². The smallest absolute Gasteiger partial charge is 0.169 e. The average molecular weight is 287 g/mol. The van der Waals surface area contributed by atoms with E-state index < -0.39 is 0 Å². The van der Waals surface area contributed by atoms with Gasteiger partial charge >= 0.3 is 0 Å². The molecule has 0 amide bonds. The van der Waals surface area contributed by atoms with E-state index in [4.69, 9.17) is 27.4 Å². The third kappa shape index (κ3) is 3.08. The number of hydrogen-bond acceptors (Lipinski definition) is 3. The highest BCUT2D eigenvalue weighted by molar-refractivity contribution is 7.80. The Hall–Kier alpha value is -2.07. The van der Waals surface area contributed by atoms with Crippen LogP contribution in [0.2, 0.25) is 0 Å². The first kappa shape index (κ1) is 14.3. The van der Waals surface area contributed by atoms with Crippen LogP contribution in [0.5, 0.6) is 17.2 Å². The zero-order valence-electron chi connectivity index (χ0n) is 11.8. The van der Waals surface area contributed by atoms with Gasteiger partial charge in [-0.1, -0.05) is 18.3 Å². The molecule has 2 aromatic carbocycles. The van der Waals surface area contributed by atoms with Crippen molar-refractivity contribution in [3.8, 4) is 17.2 Å². The van der Waals surface area contributed by atoms with Gasteiger partial charge in [0.2, 0.25) is 0 Å². The van der Waals surface area contributed by atoms with Gasteiger partial charge in [-0.05, 0) is 55.3 Å². The van der Waals surface area contributed by atoms with E-state index >= 15 is 0 Å². The van der Waals surface area contributed by atoms with Crippen LogP contribution >= 0.6 is 12.2 Å². The molecule has 2 N–H and O–H groups in total. The lowest BCUT2D eigenvalue weighted by molar-refractivity contribution is 0.378. The lowest BCUT2D eigenvalue weighted by atomic mass is 10.1. The van der Waals surface area contributed by atoms with Crippen LogP contribution in [0.25, 0.3) is 0 Å². The Balaban J connectivity index is 2.31. The van der Waals surface area contributed by atoms with E-state index in [2.05, 4.69) is 0 Å². The van der Waals surface area contributed by atoms with Crippen LogP contribution in [0.1, 0.15) is 16.7 Å². The third-order valence-corrected chi connectivity index (χ3v) is 3.23. The Bertz CT molecular complexity index is 653. The van der Waals surface area contributed by atoms with Crippen molar-refractivity contribution >= 4 is 17.2 Å². The number of aryl methyl sites for hydroxylation is 2. The number of hydrogen-bond donors (Lipinski definition) is 1. The van der Waals surface area contributed by atoms with Gasteiger partial charge in [0.25, 0.3) is 0 Å². The van der Waals surface area contributed by atoms with Gasteiger partial charge in [0.05, 0.1) is 7.11 Å². The number of thiocarbonyl (C=S) groups is 1. The van der Waals surface area contributed by atoms with E-state index in [-0.39, 0.29) is 0 Å². The third-order valence-electron chi connectivity index (χ3n) is 3.01. The van der Waals surface area contributed by atoms with Crippen molar-refractivity contribution in [3.05, 3.63) is 53.1 Å². The van der Waals surface area contributed by atoms with Gasteiger partial charge in [-0.25, -0.2) is 0 Å². The first-order valence-electron chi connectivity index (χ1n) is 6.24. The summed E-state index contributed by atoms with van der Waals surface area (Å²) in [5.41, 5.74) is 8.62. The molecule has 0 heterocycles. The molecule has 0 saturated carbocycles. The van der Waals surface area contributed by atoms with E-state index in [1.165, 1.54) is 0 Å². The summed E-state index contributed by atoms with van der Waals surface area (Å²) in [7, 11) is 1.63. The van der Waals surface area contributed by atoms with Crippen LogP contribution in [-0.4, -0.2) is 12.1 Å². The van der Waals surface area contributed by atoms with Crippen LogP contribution in [0.3, 0.4) is 0 Å². The van der Waals surface area contributed by atoms with Crippen LogP contribution in [0, 0.1) is 13.8 Å². The molecule has 0 aromatic heterocycles. The van der Waals surface area contributed by atoms with E-state index in [1.807, 2.05) is 50.2 Å². The number of benzene rings is 2. The van der Waals surface area contributed by atoms with E-state index in [1.54, 1.807) is 7.11 Å². The number of methoxy groups -OCH3 is 1. The molecular weight excluding hydrogens is 270 g/mol. The fourth-order valence-electron chi connectivity index (χ4n) is 1.96. The maximum absolute atomic E-state index is 5.86. The molecule has 20 heavy (non-hydrogen) atoms. The molecule has 0 radical (unpaired) electrons. The standard InChI is InChI=1S/C16H17NO2S/c1-10-4-7-14(15(8-10)18-3)19-12-5-6-13(16(17)20)11(2)9-12/h4-9H,1-3H3,(H2,17,20). The Labute approximate surface area is 124 Å². The van der Waals surface area contributed by atoms with Crippen LogP contribution in [0.4, 0.5) is 0 Å². The molecule has 0 bridgehead atoms. The van der Waals surface area contributed by atoms with Gasteiger partial charge in [-0.2, -0.15) is 0 Å². The molecule has 0 unspecified atom stereocenters. The molecule has 0 spiro atoms. The molecule has 0 saturated heterocycles. The van der Waals surface area contributed by atoms with Crippen molar-refractivity contribution in [2.75, 3.05) is 7.11 Å². The summed E-state index contributed by atoms with van der Waals surface area (Å²) in [6.45, 7) is 3.96. The summed E-state index contributed by atoms with van der Waals surface area (Å²) in [6.07, 6.45) is 0. The second-order valence-corrected chi connectivity index (χ2v) is 5.04. The molecule has 0 atom stereocenters. The lowest BCUT2D eigenvalue weighted by Gasteiger charge is -2.12. The second kappa shape index (κ2) is 5.92. The molecular formula is C16H17NO2S. The molecule has 3 nitrogen and oxygen atoms in total. The highest BCUT2D eigenvalue weighted by atomic mass is 32.1. The zero-order valence-corrected chi connectivity index (χ0v) is 12.6. The van der Waals surface area contributed by atoms with Gasteiger partial charge in [0, 0.05) is 5.56 Å². The molecule has 104 valence electrons. The van der Waals surface area contributed by atoms with Gasteiger partial charge in [-0.3, -0.25) is 0 Å². The summed E-state index contributed by atoms with van der Waals surface area (Å²) in [6, 6.07) is 11.4. The molecule has 0 aliphatic carbocycles. The van der Waals surface area contributed by atoms with Crippen molar-refractivity contribution < 1.29 is 9.47 Å². The maximum Gasteiger partial charge on any atom is 0.169 e. The number of ether oxygens (including phenoxy) is 2. The minimum absolute atomic E-state index is 0.391. The fourth-order valence-corrected chi connectivity index (χ4v) is 2.19. The highest BCUT2D eigenvalue weighted by Gasteiger charge is 2.08. The first-order chi connectivity index (χ1) is 9.51. The molecule has 0 aliphatic heterocycles. The van der Waals surface area contributed by atoms with Crippen molar-refractivity contribution in [3.63, 3.8) is 0 Å². The normalized spacial score (nSPS) is 10.2. The predicted molar refractivity (Wildman–Crippen MR) is 84.9 cm³/mol. The van der Waals surface area contributed by atoms with Crippen molar-refractivity contribution in [1.82, 2.24) is 0 Å². The SMILES string of the molecule is COc1cc(C)ccc1Oc1ccc(C(N)=S)c(C)c1. The Morgan fingerprint density at radius 3 is 2.40 bits per heavy atom. The highest BCUT2D eigenvalue weighted by Crippen LogP contribution is 2.32. The largest absolute Gasteiger partial charge is 0.493 e. The quantitative estimate of drug-likeness (QED) is 0.870. The molecule has 2 rings (SSSR count). The predicted octanol–water partition coefficient (Wildman–Crippen LogP) is 3.74. The van der Waals surface area contributed by atoms with Crippen molar-refractivity contribution in [2.24, 2.45) is 5.73 Å². The Morgan fingerprint density at radius 2 is 1.80 bits per heavy atom. The second-order valence-electron chi connectivity index (χ2n) is 4.60. The minimum atomic E-state index is 0.391. The van der Waals surface area contributed by atoms with E-state index in [0.29, 0.717) is 16.5 Å². The maximum atomic E-state index is 5.86. The van der Waals surface area contributed by atoms with Gasteiger partial charge < -0.3 is 15.2 Å². The number of rotatable bonds is 4. The number of nitrogens with two attached hydrogens (primary N) is 1. The summed E-state index contributed by atoms with van der Waals surface area (Å²) < 4.78 is 11.2. The van der Waals surface area contributed by atoms with E-state index in [9.17, 15) is 0 Å². The van der Waals surface area contributed by atoms with Gasteiger partial charge in [0.1, 0.15) is 10.7 Å². The molecule has 0 aliphatic rings. The van der Waals surface area contributed by atoms with Crippen molar-refractivity contribution in [2.45, 2.75) is 13.8 Å². The molecule has 4 heteroatoms. The monoisotopic (exact) mass is 287 g/mol. The molecule has 2 aromatic rings. The first-order valence-corrected chi connectivity index (χ1v) is 6.65. The Kier molecular flexibility index (Phi) is 4.25. The van der Waals surface area contributed by atoms with Crippen LogP contribution < -0.4 is 15.2 Å². The van der Waals surface area contributed by atoms with E-state index in [0.717, 1.165) is 22.4 Å². The van der Waals surface area contributed by atoms with Crippen LogP contribution in [-0.2, 0) is 0 Å². The fraction of sp³-hybridized carbons (Fsp3) is 0.188. The summed E-state index contributed by atoms with van der Waals surface area (Å²) in [5.74, 6) is 2.12. The summed E-state index contributed by atoms with van der Waals surface area (Å²) >= 11 is 4.99.